The number of rotatable bonds is 7. The lowest BCUT2D eigenvalue weighted by Crippen LogP contribution is -2.42. The zero-order valence-electron chi connectivity index (χ0n) is 13.7. The summed E-state index contributed by atoms with van der Waals surface area (Å²) in [7, 11) is 0. The average Bonchev–Trinajstić information content (AvgIpc) is 2.97. The van der Waals surface area contributed by atoms with Gasteiger partial charge in [0.05, 0.1) is 5.02 Å². The predicted octanol–water partition coefficient (Wildman–Crippen LogP) is 2.80. The molecule has 1 aromatic carbocycles. The zero-order chi connectivity index (χ0) is 19.3. The highest BCUT2D eigenvalue weighted by molar-refractivity contribution is 6.30. The molecule has 2 rings (SSSR count). The monoisotopic (exact) mass is 398 g/mol. The smallest absolute Gasteiger partial charge is 0.490 e. The van der Waals surface area contributed by atoms with E-state index in [4.69, 9.17) is 22.1 Å². The number of carbonyl (C=O) groups is 1. The molecule has 1 aromatic rings. The predicted molar refractivity (Wildman–Crippen MR) is 86.5 cm³/mol. The third-order valence-corrected chi connectivity index (χ3v) is 4.25. The van der Waals surface area contributed by atoms with Crippen LogP contribution in [0.2, 0.25) is 5.02 Å². The van der Waals surface area contributed by atoms with E-state index >= 15 is 0 Å². The van der Waals surface area contributed by atoms with Crippen molar-refractivity contribution in [2.24, 2.45) is 5.73 Å². The van der Waals surface area contributed by atoms with Crippen LogP contribution in [0.3, 0.4) is 0 Å². The van der Waals surface area contributed by atoms with Gasteiger partial charge in [0.2, 0.25) is 0 Å². The summed E-state index contributed by atoms with van der Waals surface area (Å²) in [6.07, 6.45) is -4.04. The Morgan fingerprint density at radius 1 is 1.38 bits per heavy atom. The summed E-state index contributed by atoms with van der Waals surface area (Å²) < 4.78 is 60.4. The van der Waals surface area contributed by atoms with Gasteiger partial charge in [-0.15, -0.1) is 0 Å². The Balaban J connectivity index is 1.94. The molecule has 1 unspecified atom stereocenters. The summed E-state index contributed by atoms with van der Waals surface area (Å²) in [5.74, 6) is -2.98. The van der Waals surface area contributed by atoms with Crippen LogP contribution in [0.25, 0.3) is 0 Å². The SMILES string of the molecule is NC1CC[C@H](NC[C@@H](COc2ccc(Cl)c(F)c2)OC(=O)C(F)(F)F)C1. The lowest BCUT2D eigenvalue weighted by atomic mass is 10.2. The molecular formula is C16H19ClF4N2O3. The number of benzene rings is 1. The minimum Gasteiger partial charge on any atom is -0.490 e. The number of esters is 1. The average molecular weight is 399 g/mol. The van der Waals surface area contributed by atoms with Crippen LogP contribution in [0.1, 0.15) is 19.3 Å². The molecule has 0 aliphatic heterocycles. The van der Waals surface area contributed by atoms with Crippen molar-refractivity contribution in [3.8, 4) is 5.75 Å². The largest absolute Gasteiger partial charge is 0.490 e. The number of nitrogens with one attached hydrogen (secondary N) is 1. The van der Waals surface area contributed by atoms with Crippen molar-refractivity contribution in [2.75, 3.05) is 13.2 Å². The lowest BCUT2D eigenvalue weighted by Gasteiger charge is -2.22. The number of hydrogen-bond acceptors (Lipinski definition) is 5. The number of nitrogens with two attached hydrogens (primary N) is 1. The van der Waals surface area contributed by atoms with Crippen molar-refractivity contribution in [3.63, 3.8) is 0 Å². The van der Waals surface area contributed by atoms with Crippen LogP contribution in [-0.2, 0) is 9.53 Å². The van der Waals surface area contributed by atoms with Gasteiger partial charge in [-0.05, 0) is 31.4 Å². The lowest BCUT2D eigenvalue weighted by molar-refractivity contribution is -0.205. The molecule has 0 spiro atoms. The van der Waals surface area contributed by atoms with Crippen LogP contribution >= 0.6 is 11.6 Å². The molecule has 3 N–H and O–H groups in total. The van der Waals surface area contributed by atoms with Crippen molar-refractivity contribution in [2.45, 2.75) is 43.6 Å². The molecule has 0 amide bonds. The van der Waals surface area contributed by atoms with Gasteiger partial charge in [0.15, 0.2) is 0 Å². The number of alkyl halides is 3. The second-order valence-electron chi connectivity index (χ2n) is 6.09. The molecule has 10 heteroatoms. The van der Waals surface area contributed by atoms with Gasteiger partial charge in [0.25, 0.3) is 0 Å². The molecule has 0 radical (unpaired) electrons. The van der Waals surface area contributed by atoms with E-state index in [0.29, 0.717) is 6.42 Å². The summed E-state index contributed by atoms with van der Waals surface area (Å²) in [6, 6.07) is 3.68. The van der Waals surface area contributed by atoms with Crippen LogP contribution in [0.15, 0.2) is 18.2 Å². The molecule has 0 saturated heterocycles. The molecule has 1 aliphatic carbocycles. The van der Waals surface area contributed by atoms with Crippen molar-refractivity contribution >= 4 is 17.6 Å². The molecule has 146 valence electrons. The van der Waals surface area contributed by atoms with Crippen molar-refractivity contribution in [1.82, 2.24) is 5.32 Å². The maximum absolute atomic E-state index is 13.4. The topological polar surface area (TPSA) is 73.6 Å². The van der Waals surface area contributed by atoms with Crippen molar-refractivity contribution in [1.29, 1.82) is 0 Å². The fourth-order valence-corrected chi connectivity index (χ4v) is 2.73. The van der Waals surface area contributed by atoms with Crippen LogP contribution in [-0.4, -0.2) is 43.5 Å². The summed E-state index contributed by atoms with van der Waals surface area (Å²) in [5, 5.41) is 2.91. The zero-order valence-corrected chi connectivity index (χ0v) is 14.4. The van der Waals surface area contributed by atoms with Gasteiger partial charge < -0.3 is 20.5 Å². The van der Waals surface area contributed by atoms with Crippen LogP contribution in [0.4, 0.5) is 17.6 Å². The second-order valence-corrected chi connectivity index (χ2v) is 6.50. The van der Waals surface area contributed by atoms with E-state index in [2.05, 4.69) is 10.1 Å². The molecule has 1 aliphatic rings. The summed E-state index contributed by atoms with van der Waals surface area (Å²) >= 11 is 5.55. The molecule has 0 bridgehead atoms. The molecule has 1 fully saturated rings. The second kappa shape index (κ2) is 8.88. The first kappa shape index (κ1) is 20.7. The highest BCUT2D eigenvalue weighted by Gasteiger charge is 2.42. The Hall–Kier alpha value is -1.58. The summed E-state index contributed by atoms with van der Waals surface area (Å²) in [6.45, 7) is -0.427. The highest BCUT2D eigenvalue weighted by Crippen LogP contribution is 2.22. The minimum atomic E-state index is -5.11. The van der Waals surface area contributed by atoms with E-state index in [9.17, 15) is 22.4 Å². The van der Waals surface area contributed by atoms with Crippen LogP contribution in [0.5, 0.6) is 5.75 Å². The first-order valence-corrected chi connectivity index (χ1v) is 8.37. The van der Waals surface area contributed by atoms with Gasteiger partial charge in [0, 0.05) is 24.7 Å². The van der Waals surface area contributed by atoms with Crippen LogP contribution < -0.4 is 15.8 Å². The first-order chi connectivity index (χ1) is 12.1. The van der Waals surface area contributed by atoms with Crippen molar-refractivity contribution in [3.05, 3.63) is 29.0 Å². The Kier molecular flexibility index (Phi) is 7.08. The summed E-state index contributed by atoms with van der Waals surface area (Å²) in [4.78, 5) is 11.1. The molecule has 0 heterocycles. The van der Waals surface area contributed by atoms with Gasteiger partial charge in [-0.2, -0.15) is 13.2 Å². The fraction of sp³-hybridized carbons (Fsp3) is 0.562. The van der Waals surface area contributed by atoms with E-state index in [1.165, 1.54) is 12.1 Å². The number of hydrogen-bond donors (Lipinski definition) is 2. The minimum absolute atomic E-state index is 0.0325. The van der Waals surface area contributed by atoms with Gasteiger partial charge in [-0.3, -0.25) is 0 Å². The number of ether oxygens (including phenoxy) is 2. The maximum Gasteiger partial charge on any atom is 0.490 e. The number of halogens is 5. The Morgan fingerprint density at radius 3 is 2.69 bits per heavy atom. The number of carbonyl (C=O) groups excluding carboxylic acids is 1. The molecule has 3 atom stereocenters. The van der Waals surface area contributed by atoms with E-state index in [-0.39, 0.29) is 36.0 Å². The summed E-state index contributed by atoms with van der Waals surface area (Å²) in [5.41, 5.74) is 5.79. The molecule has 5 nitrogen and oxygen atoms in total. The fourth-order valence-electron chi connectivity index (χ4n) is 2.61. The third-order valence-electron chi connectivity index (χ3n) is 3.94. The van der Waals surface area contributed by atoms with Crippen LogP contribution in [0, 0.1) is 5.82 Å². The molecule has 1 saturated carbocycles. The Bertz CT molecular complexity index is 630. The maximum atomic E-state index is 13.4. The van der Waals surface area contributed by atoms with E-state index in [1.54, 1.807) is 0 Å². The third kappa shape index (κ3) is 6.30. The standard InChI is InChI=1S/C16H19ClF4N2O3/c17-13-4-3-11(6-14(13)18)25-8-12(26-15(24)16(19,20)21)7-23-10-2-1-9(22)5-10/h3-4,6,9-10,12,23H,1-2,5,7-8,22H2/t9?,10-,12-/m0/s1. The van der Waals surface area contributed by atoms with Gasteiger partial charge in [0.1, 0.15) is 24.3 Å². The quantitative estimate of drug-likeness (QED) is 0.546. The van der Waals surface area contributed by atoms with E-state index in [1.807, 2.05) is 0 Å². The van der Waals surface area contributed by atoms with Crippen molar-refractivity contribution < 1.29 is 31.8 Å². The van der Waals surface area contributed by atoms with Gasteiger partial charge in [-0.1, -0.05) is 11.6 Å². The molecular weight excluding hydrogens is 380 g/mol. The molecule has 26 heavy (non-hydrogen) atoms. The van der Waals surface area contributed by atoms with Gasteiger partial charge in [-0.25, -0.2) is 9.18 Å². The molecule has 0 aromatic heterocycles. The highest BCUT2D eigenvalue weighted by atomic mass is 35.5. The first-order valence-electron chi connectivity index (χ1n) is 7.99. The Morgan fingerprint density at radius 2 is 2.12 bits per heavy atom. The van der Waals surface area contributed by atoms with E-state index < -0.39 is 24.1 Å². The van der Waals surface area contributed by atoms with Gasteiger partial charge >= 0.3 is 12.1 Å². The normalized spacial score (nSPS) is 21.5. The Labute approximate surface area is 152 Å². The van der Waals surface area contributed by atoms with E-state index in [0.717, 1.165) is 18.9 Å².